The highest BCUT2D eigenvalue weighted by Gasteiger charge is 2.36. The molecule has 2 aromatic rings. The molecule has 20 heavy (non-hydrogen) atoms. The zero-order chi connectivity index (χ0) is 14.6. The van der Waals surface area contributed by atoms with Crippen molar-refractivity contribution in [2.75, 3.05) is 12.4 Å². The molecule has 2 rings (SSSR count). The lowest BCUT2D eigenvalue weighted by atomic mass is 9.91. The van der Waals surface area contributed by atoms with Gasteiger partial charge in [-0.15, -0.1) is 0 Å². The monoisotopic (exact) mass is 273 g/mol. The van der Waals surface area contributed by atoms with Gasteiger partial charge in [-0.3, -0.25) is 0 Å². The molecular formula is C16H16FNO2. The Hall–Kier alpha value is -2.36. The van der Waals surface area contributed by atoms with Crippen LogP contribution in [0.15, 0.2) is 54.6 Å². The third kappa shape index (κ3) is 2.79. The number of anilines is 1. The highest BCUT2D eigenvalue weighted by Crippen LogP contribution is 2.27. The van der Waals surface area contributed by atoms with Crippen LogP contribution >= 0.6 is 0 Å². The summed E-state index contributed by atoms with van der Waals surface area (Å²) in [6.07, 6.45) is 0. The number of benzene rings is 2. The van der Waals surface area contributed by atoms with Gasteiger partial charge in [0.25, 0.3) is 0 Å². The van der Waals surface area contributed by atoms with Crippen LogP contribution in [-0.2, 0) is 15.1 Å². The van der Waals surface area contributed by atoms with E-state index in [1.165, 1.54) is 19.2 Å². The van der Waals surface area contributed by atoms with Crippen molar-refractivity contribution in [2.45, 2.75) is 12.5 Å². The number of halogens is 1. The molecular weight excluding hydrogens is 257 g/mol. The van der Waals surface area contributed by atoms with Gasteiger partial charge in [0.2, 0.25) is 0 Å². The molecule has 0 bridgehead atoms. The Labute approximate surface area is 117 Å². The van der Waals surface area contributed by atoms with Gasteiger partial charge >= 0.3 is 5.97 Å². The lowest BCUT2D eigenvalue weighted by molar-refractivity contribution is -0.145. The summed E-state index contributed by atoms with van der Waals surface area (Å²) in [5.41, 5.74) is 0.382. The smallest absolute Gasteiger partial charge is 0.335 e. The summed E-state index contributed by atoms with van der Waals surface area (Å²) >= 11 is 0. The van der Waals surface area contributed by atoms with Crippen LogP contribution in [0.5, 0.6) is 0 Å². The summed E-state index contributed by atoms with van der Waals surface area (Å²) in [7, 11) is 1.34. The van der Waals surface area contributed by atoms with E-state index in [1.54, 1.807) is 19.1 Å². The Kier molecular flexibility index (Phi) is 4.03. The van der Waals surface area contributed by atoms with Gasteiger partial charge in [0.05, 0.1) is 7.11 Å². The molecule has 0 amide bonds. The molecule has 1 unspecified atom stereocenters. The SMILES string of the molecule is COC(=O)C(C)(Nc1ccc(F)cc1)c1ccccc1. The first-order valence-electron chi connectivity index (χ1n) is 6.24. The first-order chi connectivity index (χ1) is 9.56. The van der Waals surface area contributed by atoms with E-state index in [0.717, 1.165) is 5.56 Å². The largest absolute Gasteiger partial charge is 0.467 e. The van der Waals surface area contributed by atoms with Crippen molar-refractivity contribution in [2.24, 2.45) is 0 Å². The van der Waals surface area contributed by atoms with Crippen molar-refractivity contribution in [1.29, 1.82) is 0 Å². The number of hydrogen-bond acceptors (Lipinski definition) is 3. The predicted molar refractivity (Wildman–Crippen MR) is 75.8 cm³/mol. The Morgan fingerprint density at radius 3 is 2.25 bits per heavy atom. The van der Waals surface area contributed by atoms with E-state index < -0.39 is 11.5 Å². The van der Waals surface area contributed by atoms with Crippen LogP contribution in [0.1, 0.15) is 12.5 Å². The number of nitrogens with one attached hydrogen (secondary N) is 1. The third-order valence-electron chi connectivity index (χ3n) is 3.18. The van der Waals surface area contributed by atoms with E-state index in [-0.39, 0.29) is 5.82 Å². The minimum atomic E-state index is -1.03. The van der Waals surface area contributed by atoms with Gasteiger partial charge in [-0.1, -0.05) is 30.3 Å². The number of carbonyl (C=O) groups is 1. The molecule has 0 aliphatic rings. The summed E-state index contributed by atoms with van der Waals surface area (Å²) in [5.74, 6) is -0.733. The van der Waals surface area contributed by atoms with Crippen LogP contribution in [0.2, 0.25) is 0 Å². The lowest BCUT2D eigenvalue weighted by Crippen LogP contribution is -2.41. The molecule has 0 saturated carbocycles. The van der Waals surface area contributed by atoms with E-state index >= 15 is 0 Å². The Morgan fingerprint density at radius 1 is 1.10 bits per heavy atom. The van der Waals surface area contributed by atoms with Gasteiger partial charge in [-0.25, -0.2) is 9.18 Å². The summed E-state index contributed by atoms with van der Waals surface area (Å²) < 4.78 is 17.8. The maximum Gasteiger partial charge on any atom is 0.335 e. The molecule has 0 radical (unpaired) electrons. The lowest BCUT2D eigenvalue weighted by Gasteiger charge is -2.29. The first kappa shape index (κ1) is 14.1. The highest BCUT2D eigenvalue weighted by molar-refractivity contribution is 5.85. The molecule has 0 saturated heterocycles. The molecule has 0 spiro atoms. The first-order valence-corrected chi connectivity index (χ1v) is 6.24. The number of carbonyl (C=O) groups excluding carboxylic acids is 1. The van der Waals surface area contributed by atoms with Gasteiger partial charge in [0, 0.05) is 5.69 Å². The van der Waals surface area contributed by atoms with Crippen molar-refractivity contribution in [3.8, 4) is 0 Å². The molecule has 3 nitrogen and oxygen atoms in total. The van der Waals surface area contributed by atoms with Crippen LogP contribution < -0.4 is 5.32 Å². The second kappa shape index (κ2) is 5.74. The average molecular weight is 273 g/mol. The van der Waals surface area contributed by atoms with Crippen molar-refractivity contribution < 1.29 is 13.9 Å². The fourth-order valence-corrected chi connectivity index (χ4v) is 2.04. The zero-order valence-electron chi connectivity index (χ0n) is 11.4. The topological polar surface area (TPSA) is 38.3 Å². The number of rotatable bonds is 4. The molecule has 1 atom stereocenters. The summed E-state index contributed by atoms with van der Waals surface area (Å²) in [4.78, 5) is 12.1. The van der Waals surface area contributed by atoms with E-state index in [1.807, 2.05) is 30.3 Å². The van der Waals surface area contributed by atoms with Crippen LogP contribution in [0.4, 0.5) is 10.1 Å². The van der Waals surface area contributed by atoms with E-state index in [2.05, 4.69) is 5.32 Å². The second-order valence-electron chi connectivity index (χ2n) is 4.61. The van der Waals surface area contributed by atoms with Crippen LogP contribution in [-0.4, -0.2) is 13.1 Å². The summed E-state index contributed by atoms with van der Waals surface area (Å²) in [6, 6.07) is 15.1. The standard InChI is InChI=1S/C16H16FNO2/c1-16(15(19)20-2,12-6-4-3-5-7-12)18-14-10-8-13(17)9-11-14/h3-11,18H,1-2H3. The normalized spacial score (nSPS) is 13.3. The predicted octanol–water partition coefficient (Wildman–Crippen LogP) is 3.33. The Balaban J connectivity index is 2.38. The van der Waals surface area contributed by atoms with E-state index in [0.29, 0.717) is 5.69 Å². The fourth-order valence-electron chi connectivity index (χ4n) is 2.04. The van der Waals surface area contributed by atoms with Gasteiger partial charge in [-0.2, -0.15) is 0 Å². The quantitative estimate of drug-likeness (QED) is 0.868. The number of hydrogen-bond donors (Lipinski definition) is 1. The molecule has 0 heterocycles. The molecule has 0 fully saturated rings. The Bertz CT molecular complexity index is 583. The summed E-state index contributed by atoms with van der Waals surface area (Å²) in [5, 5.41) is 3.11. The third-order valence-corrected chi connectivity index (χ3v) is 3.18. The maximum atomic E-state index is 12.9. The second-order valence-corrected chi connectivity index (χ2v) is 4.61. The summed E-state index contributed by atoms with van der Waals surface area (Å²) in [6.45, 7) is 1.73. The van der Waals surface area contributed by atoms with Gasteiger partial charge in [-0.05, 0) is 36.8 Å². The maximum absolute atomic E-state index is 12.9. The minimum Gasteiger partial charge on any atom is -0.467 e. The highest BCUT2D eigenvalue weighted by atomic mass is 19.1. The molecule has 4 heteroatoms. The van der Waals surface area contributed by atoms with Crippen molar-refractivity contribution in [3.05, 3.63) is 66.0 Å². The van der Waals surface area contributed by atoms with Crippen molar-refractivity contribution >= 4 is 11.7 Å². The van der Waals surface area contributed by atoms with Crippen LogP contribution in [0, 0.1) is 5.82 Å². The zero-order valence-corrected chi connectivity index (χ0v) is 11.4. The van der Waals surface area contributed by atoms with Crippen molar-refractivity contribution in [3.63, 3.8) is 0 Å². The Morgan fingerprint density at radius 2 is 1.70 bits per heavy atom. The molecule has 2 aromatic carbocycles. The van der Waals surface area contributed by atoms with Crippen LogP contribution in [0.3, 0.4) is 0 Å². The fraction of sp³-hybridized carbons (Fsp3) is 0.188. The molecule has 0 aliphatic carbocycles. The minimum absolute atomic E-state index is 0.324. The average Bonchev–Trinajstić information content (AvgIpc) is 2.49. The van der Waals surface area contributed by atoms with Gasteiger partial charge in [0.15, 0.2) is 5.54 Å². The van der Waals surface area contributed by atoms with Crippen LogP contribution in [0.25, 0.3) is 0 Å². The number of methoxy groups -OCH3 is 1. The van der Waals surface area contributed by atoms with E-state index in [9.17, 15) is 9.18 Å². The van der Waals surface area contributed by atoms with Crippen molar-refractivity contribution in [1.82, 2.24) is 0 Å². The molecule has 104 valence electrons. The van der Waals surface area contributed by atoms with Gasteiger partial charge < -0.3 is 10.1 Å². The number of ether oxygens (including phenoxy) is 1. The number of esters is 1. The van der Waals surface area contributed by atoms with E-state index in [4.69, 9.17) is 4.74 Å². The van der Waals surface area contributed by atoms with Gasteiger partial charge in [0.1, 0.15) is 5.82 Å². The molecule has 0 aliphatic heterocycles. The molecule has 0 aromatic heterocycles. The molecule has 1 N–H and O–H groups in total.